The summed E-state index contributed by atoms with van der Waals surface area (Å²) >= 11 is 0. The van der Waals surface area contributed by atoms with E-state index in [1.807, 2.05) is 0 Å². The molecule has 0 aliphatic heterocycles. The molecule has 0 bridgehead atoms. The minimum Gasteiger partial charge on any atom is -0.470 e. The first-order valence-corrected chi connectivity index (χ1v) is 3.15. The number of carbonyl (C=O) groups is 1. The lowest BCUT2D eigenvalue weighted by molar-refractivity contribution is -0.142. The number of aliphatic hydroxyl groups is 1. The number of carbonyl (C=O) groups excluding carboxylic acids is 1. The van der Waals surface area contributed by atoms with Crippen molar-refractivity contribution in [1.82, 2.24) is 0 Å². The minimum absolute atomic E-state index is 0.493. The van der Waals surface area contributed by atoms with E-state index >= 15 is 0 Å². The van der Waals surface area contributed by atoms with Gasteiger partial charge in [-0.05, 0) is 17.0 Å². The largest absolute Gasteiger partial charge is 0.470 e. The van der Waals surface area contributed by atoms with Gasteiger partial charge in [-0.25, -0.2) is 0 Å². The second-order valence-corrected chi connectivity index (χ2v) is 2.70. The number of hydrogen-bond donors (Lipinski definition) is 1. The Balaban J connectivity index is 4.32. The lowest BCUT2D eigenvalue weighted by Crippen LogP contribution is -2.39. The average molecular weight is 157 g/mol. The summed E-state index contributed by atoms with van der Waals surface area (Å²) in [6.45, 7) is 0. The summed E-state index contributed by atoms with van der Waals surface area (Å²) < 4.78 is 4.25. The highest BCUT2D eigenvalue weighted by atomic mass is 16.5. The van der Waals surface area contributed by atoms with Gasteiger partial charge in [-0.15, -0.1) is 0 Å². The topological polar surface area (TPSA) is 46.5 Å². The van der Waals surface area contributed by atoms with Crippen molar-refractivity contribution in [1.29, 1.82) is 0 Å². The van der Waals surface area contributed by atoms with E-state index in [0.717, 1.165) is 7.11 Å². The Hall–Kier alpha value is -0.310. The standard InChI is InChI=1S/C5H6B4O3/c1-12-3(10)4(6,7)2-5(8,9)11/h11H,2H2,1H3. The van der Waals surface area contributed by atoms with Crippen molar-refractivity contribution < 1.29 is 14.6 Å². The van der Waals surface area contributed by atoms with Gasteiger partial charge in [0, 0.05) is 0 Å². The van der Waals surface area contributed by atoms with E-state index in [2.05, 4.69) is 4.74 Å². The second kappa shape index (κ2) is 3.60. The molecule has 0 amide bonds. The molecule has 1 N–H and O–H groups in total. The molecule has 0 aromatic heterocycles. The molecule has 0 fully saturated rings. The molecule has 0 saturated heterocycles. The number of methoxy groups -OCH3 is 1. The van der Waals surface area contributed by atoms with Gasteiger partial charge < -0.3 is 9.84 Å². The van der Waals surface area contributed by atoms with Gasteiger partial charge in [0.25, 0.3) is 5.97 Å². The first-order valence-electron chi connectivity index (χ1n) is 3.15. The molecule has 0 rings (SSSR count). The van der Waals surface area contributed by atoms with Crippen LogP contribution in [0.1, 0.15) is 6.42 Å². The molecular formula is C5H6B4O3. The summed E-state index contributed by atoms with van der Waals surface area (Å²) in [5.74, 6) is -0.892. The highest BCUT2D eigenvalue weighted by Gasteiger charge is 2.32. The van der Waals surface area contributed by atoms with Crippen LogP contribution in [-0.2, 0) is 9.53 Å². The predicted molar refractivity (Wildman–Crippen MR) is 47.3 cm³/mol. The van der Waals surface area contributed by atoms with Crippen LogP contribution in [0.5, 0.6) is 0 Å². The Labute approximate surface area is 76.9 Å². The maximum Gasteiger partial charge on any atom is 0.294 e. The van der Waals surface area contributed by atoms with Gasteiger partial charge in [0.05, 0.1) is 38.5 Å². The van der Waals surface area contributed by atoms with Crippen LogP contribution in [0.15, 0.2) is 0 Å². The van der Waals surface area contributed by atoms with Gasteiger partial charge in [0.2, 0.25) is 0 Å². The Morgan fingerprint density at radius 3 is 2.08 bits per heavy atom. The number of esters is 1. The van der Waals surface area contributed by atoms with Gasteiger partial charge in [-0.1, -0.05) is 0 Å². The fourth-order valence-electron chi connectivity index (χ4n) is 0.731. The van der Waals surface area contributed by atoms with E-state index < -0.39 is 23.0 Å². The third kappa shape index (κ3) is 3.90. The summed E-state index contributed by atoms with van der Waals surface area (Å²) in [5.41, 5.74) is 0. The number of ether oxygens (including phenoxy) is 1. The summed E-state index contributed by atoms with van der Waals surface area (Å²) in [6.07, 6.45) is -0.493. The highest BCUT2D eigenvalue weighted by Crippen LogP contribution is 2.27. The van der Waals surface area contributed by atoms with Crippen LogP contribution in [0.2, 0.25) is 5.21 Å². The molecule has 0 atom stereocenters. The highest BCUT2D eigenvalue weighted by molar-refractivity contribution is 6.51. The molecule has 12 heavy (non-hydrogen) atoms. The van der Waals surface area contributed by atoms with Crippen molar-refractivity contribution >= 4 is 37.4 Å². The lowest BCUT2D eigenvalue weighted by atomic mass is 9.45. The van der Waals surface area contributed by atoms with Crippen LogP contribution in [0.3, 0.4) is 0 Å². The van der Waals surface area contributed by atoms with Gasteiger partial charge in [0.15, 0.2) is 0 Å². The average Bonchev–Trinajstić information content (AvgIpc) is 1.80. The van der Waals surface area contributed by atoms with Crippen LogP contribution in [0.4, 0.5) is 0 Å². The molecule has 0 aromatic carbocycles. The molecule has 7 heteroatoms. The molecule has 0 aliphatic rings. The minimum atomic E-state index is -2.09. The Kier molecular flexibility index (Phi) is 3.51. The van der Waals surface area contributed by atoms with Gasteiger partial charge in [-0.3, -0.25) is 4.79 Å². The first kappa shape index (κ1) is 11.7. The monoisotopic (exact) mass is 158 g/mol. The smallest absolute Gasteiger partial charge is 0.294 e. The van der Waals surface area contributed by atoms with Gasteiger partial charge >= 0.3 is 0 Å². The Morgan fingerprint density at radius 1 is 1.42 bits per heavy atom. The molecule has 0 heterocycles. The lowest BCUT2D eigenvalue weighted by Gasteiger charge is -2.30. The van der Waals surface area contributed by atoms with Crippen molar-refractivity contribution in [2.45, 2.75) is 17.0 Å². The van der Waals surface area contributed by atoms with E-state index in [0.29, 0.717) is 0 Å². The number of hydrogen-bond acceptors (Lipinski definition) is 3. The van der Waals surface area contributed by atoms with Crippen LogP contribution in [0, 0.1) is 0 Å². The maximum atomic E-state index is 10.8. The van der Waals surface area contributed by atoms with Crippen molar-refractivity contribution in [2.75, 3.05) is 7.11 Å². The normalized spacial score (nSPS) is 12.5. The van der Waals surface area contributed by atoms with Gasteiger partial charge in [-0.2, -0.15) is 0 Å². The first-order chi connectivity index (χ1) is 5.19. The van der Waals surface area contributed by atoms with Crippen molar-refractivity contribution in [2.24, 2.45) is 0 Å². The molecule has 0 aliphatic carbocycles. The Bertz CT molecular complexity index is 174. The van der Waals surface area contributed by atoms with Crippen LogP contribution in [-0.4, -0.2) is 55.0 Å². The quantitative estimate of drug-likeness (QED) is 0.380. The fraction of sp³-hybridized carbons (Fsp3) is 0.800. The van der Waals surface area contributed by atoms with Crippen molar-refractivity contribution in [3.63, 3.8) is 0 Å². The van der Waals surface area contributed by atoms with Crippen molar-refractivity contribution in [3.05, 3.63) is 0 Å². The van der Waals surface area contributed by atoms with Crippen LogP contribution in [0.25, 0.3) is 0 Å². The van der Waals surface area contributed by atoms with Crippen LogP contribution >= 0.6 is 0 Å². The summed E-state index contributed by atoms with van der Waals surface area (Å²) in [4.78, 5) is 10.8. The molecule has 0 unspecified atom stereocenters. The summed E-state index contributed by atoms with van der Waals surface area (Å²) in [5, 5.41) is 4.93. The SMILES string of the molecule is [B]C([B])(O)CC([B])([B])C(=O)OC. The third-order valence-electron chi connectivity index (χ3n) is 1.14. The zero-order valence-electron chi connectivity index (χ0n) is 6.78. The maximum absolute atomic E-state index is 10.8. The van der Waals surface area contributed by atoms with Crippen LogP contribution < -0.4 is 0 Å². The molecular weight excluding hydrogens is 151 g/mol. The van der Waals surface area contributed by atoms with E-state index in [1.165, 1.54) is 0 Å². The number of rotatable bonds is 3. The zero-order chi connectivity index (χ0) is 9.99. The van der Waals surface area contributed by atoms with Gasteiger partial charge in [0.1, 0.15) is 0 Å². The molecule has 56 valence electrons. The molecule has 3 nitrogen and oxygen atoms in total. The molecule has 0 spiro atoms. The Morgan fingerprint density at radius 2 is 1.83 bits per heavy atom. The third-order valence-corrected chi connectivity index (χ3v) is 1.14. The summed E-state index contributed by atoms with van der Waals surface area (Å²) in [6, 6.07) is 0. The van der Waals surface area contributed by atoms with E-state index in [-0.39, 0.29) is 0 Å². The molecule has 0 saturated carbocycles. The molecule has 0 aromatic rings. The summed E-state index contributed by atoms with van der Waals surface area (Å²) in [7, 11) is 21.6. The van der Waals surface area contributed by atoms with E-state index in [9.17, 15) is 4.79 Å². The zero-order valence-corrected chi connectivity index (χ0v) is 6.78. The fourth-order valence-corrected chi connectivity index (χ4v) is 0.731. The second-order valence-electron chi connectivity index (χ2n) is 2.70. The molecule has 8 radical (unpaired) electrons. The van der Waals surface area contributed by atoms with Crippen molar-refractivity contribution in [3.8, 4) is 0 Å². The predicted octanol–water partition coefficient (Wildman–Crippen LogP) is -2.01. The van der Waals surface area contributed by atoms with E-state index in [1.54, 1.807) is 0 Å². The van der Waals surface area contributed by atoms with E-state index in [4.69, 9.17) is 36.5 Å².